The van der Waals surface area contributed by atoms with Crippen LogP contribution in [0.15, 0.2) is 30.3 Å². The van der Waals surface area contributed by atoms with E-state index in [2.05, 4.69) is 10.4 Å². The van der Waals surface area contributed by atoms with Crippen molar-refractivity contribution in [3.8, 4) is 0 Å². The summed E-state index contributed by atoms with van der Waals surface area (Å²) in [6.45, 7) is 2.51. The van der Waals surface area contributed by atoms with Crippen molar-refractivity contribution < 1.29 is 9.18 Å². The van der Waals surface area contributed by atoms with Crippen LogP contribution in [0.1, 0.15) is 33.8 Å². The Morgan fingerprint density at radius 3 is 2.83 bits per heavy atom. The summed E-state index contributed by atoms with van der Waals surface area (Å²) in [6, 6.07) is 8.68. The Balaban J connectivity index is 1.65. The Kier molecular flexibility index (Phi) is 3.41. The van der Waals surface area contributed by atoms with Crippen molar-refractivity contribution in [2.45, 2.75) is 32.4 Å². The number of thiophene rings is 1. The maximum absolute atomic E-state index is 13.0. The number of aryl methyl sites for hydroxylation is 1. The first kappa shape index (κ1) is 14.4. The van der Waals surface area contributed by atoms with Gasteiger partial charge in [0.15, 0.2) is 0 Å². The summed E-state index contributed by atoms with van der Waals surface area (Å²) in [5, 5.41) is 8.57. The fourth-order valence-corrected chi connectivity index (χ4v) is 3.64. The number of amides is 1. The molecule has 3 aromatic rings. The number of nitrogens with one attached hydrogen (secondary N) is 1. The van der Waals surface area contributed by atoms with E-state index in [4.69, 9.17) is 0 Å². The van der Waals surface area contributed by atoms with E-state index in [1.807, 2.05) is 17.7 Å². The van der Waals surface area contributed by atoms with E-state index in [1.54, 1.807) is 12.1 Å². The summed E-state index contributed by atoms with van der Waals surface area (Å²) in [5.74, 6) is -0.243. The monoisotopic (exact) mass is 329 g/mol. The summed E-state index contributed by atoms with van der Waals surface area (Å²) in [6.07, 6.45) is 2.15. The number of nitrogens with zero attached hydrogens (tertiary/aromatic N) is 2. The Morgan fingerprint density at radius 2 is 2.13 bits per heavy atom. The van der Waals surface area contributed by atoms with Crippen LogP contribution in [-0.2, 0) is 6.54 Å². The van der Waals surface area contributed by atoms with Crippen molar-refractivity contribution in [1.82, 2.24) is 15.1 Å². The molecule has 4 rings (SSSR count). The van der Waals surface area contributed by atoms with Crippen molar-refractivity contribution in [2.24, 2.45) is 0 Å². The molecule has 0 atom stereocenters. The molecule has 2 heterocycles. The summed E-state index contributed by atoms with van der Waals surface area (Å²) < 4.78 is 14.9. The number of hydrogen-bond donors (Lipinski definition) is 1. The highest BCUT2D eigenvalue weighted by atomic mass is 32.1. The number of hydrogen-bond acceptors (Lipinski definition) is 3. The Morgan fingerprint density at radius 1 is 1.39 bits per heavy atom. The molecule has 1 fully saturated rings. The number of fused-ring (bicyclic) bond motifs is 1. The van der Waals surface area contributed by atoms with Gasteiger partial charge in [-0.15, -0.1) is 11.3 Å². The van der Waals surface area contributed by atoms with E-state index in [1.165, 1.54) is 23.5 Å². The number of aromatic nitrogens is 2. The van der Waals surface area contributed by atoms with Gasteiger partial charge in [-0.3, -0.25) is 9.48 Å². The van der Waals surface area contributed by atoms with Crippen LogP contribution >= 0.6 is 11.3 Å². The third-order valence-corrected chi connectivity index (χ3v) is 5.14. The smallest absolute Gasteiger partial charge is 0.261 e. The molecule has 1 saturated carbocycles. The van der Waals surface area contributed by atoms with Crippen LogP contribution in [0.25, 0.3) is 10.2 Å². The van der Waals surface area contributed by atoms with Crippen LogP contribution in [0.3, 0.4) is 0 Å². The first-order valence-corrected chi connectivity index (χ1v) is 8.44. The molecule has 118 valence electrons. The van der Waals surface area contributed by atoms with Crippen LogP contribution in [-0.4, -0.2) is 21.7 Å². The quantitative estimate of drug-likeness (QED) is 0.796. The van der Waals surface area contributed by atoms with Crippen LogP contribution in [0.4, 0.5) is 4.39 Å². The normalized spacial score (nSPS) is 14.3. The molecule has 6 heteroatoms. The zero-order valence-electron chi connectivity index (χ0n) is 12.7. The lowest BCUT2D eigenvalue weighted by Crippen LogP contribution is -2.24. The van der Waals surface area contributed by atoms with Crippen molar-refractivity contribution in [1.29, 1.82) is 0 Å². The maximum atomic E-state index is 13.0. The van der Waals surface area contributed by atoms with Gasteiger partial charge in [-0.05, 0) is 43.5 Å². The molecule has 0 radical (unpaired) electrons. The molecule has 0 saturated heterocycles. The van der Waals surface area contributed by atoms with Gasteiger partial charge in [0.25, 0.3) is 5.91 Å². The largest absolute Gasteiger partial charge is 0.349 e. The summed E-state index contributed by atoms with van der Waals surface area (Å²) in [7, 11) is 0. The molecular formula is C17H16FN3OS. The van der Waals surface area contributed by atoms with Gasteiger partial charge in [-0.2, -0.15) is 5.10 Å². The Labute approximate surface area is 136 Å². The molecule has 1 aliphatic rings. The average Bonchev–Trinajstić information content (AvgIpc) is 3.14. The number of rotatable bonds is 4. The lowest BCUT2D eigenvalue weighted by atomic mass is 10.2. The van der Waals surface area contributed by atoms with E-state index < -0.39 is 0 Å². The fourth-order valence-electron chi connectivity index (χ4n) is 2.58. The van der Waals surface area contributed by atoms with E-state index in [0.717, 1.165) is 39.2 Å². The van der Waals surface area contributed by atoms with Crippen LogP contribution in [0, 0.1) is 12.7 Å². The zero-order chi connectivity index (χ0) is 16.0. The van der Waals surface area contributed by atoms with Gasteiger partial charge in [-0.25, -0.2) is 4.39 Å². The van der Waals surface area contributed by atoms with E-state index in [9.17, 15) is 9.18 Å². The zero-order valence-corrected chi connectivity index (χ0v) is 13.5. The van der Waals surface area contributed by atoms with Crippen molar-refractivity contribution in [2.75, 3.05) is 0 Å². The molecule has 1 aliphatic carbocycles. The third-order valence-electron chi connectivity index (χ3n) is 3.99. The van der Waals surface area contributed by atoms with Crippen LogP contribution in [0.5, 0.6) is 0 Å². The predicted molar refractivity (Wildman–Crippen MR) is 88.3 cm³/mol. The Hall–Kier alpha value is -2.21. The van der Waals surface area contributed by atoms with Gasteiger partial charge in [-0.1, -0.05) is 12.1 Å². The molecule has 2 aromatic heterocycles. The van der Waals surface area contributed by atoms with Crippen LogP contribution < -0.4 is 5.32 Å². The minimum Gasteiger partial charge on any atom is -0.349 e. The van der Waals surface area contributed by atoms with Crippen molar-refractivity contribution >= 4 is 27.5 Å². The molecule has 4 nitrogen and oxygen atoms in total. The molecule has 0 aliphatic heterocycles. The van der Waals surface area contributed by atoms with Gasteiger partial charge in [0.05, 0.1) is 17.1 Å². The lowest BCUT2D eigenvalue weighted by molar-refractivity contribution is 0.0955. The number of halogens is 1. The van der Waals surface area contributed by atoms with E-state index >= 15 is 0 Å². The van der Waals surface area contributed by atoms with E-state index in [-0.39, 0.29) is 11.7 Å². The third kappa shape index (κ3) is 2.86. The molecule has 1 amide bonds. The lowest BCUT2D eigenvalue weighted by Gasteiger charge is -2.03. The predicted octanol–water partition coefficient (Wildman–Crippen LogP) is 3.49. The van der Waals surface area contributed by atoms with Crippen LogP contribution in [0.2, 0.25) is 0 Å². The first-order chi connectivity index (χ1) is 11.1. The molecule has 1 aromatic carbocycles. The second-order valence-electron chi connectivity index (χ2n) is 5.95. The number of carbonyl (C=O) groups is 1. The highest BCUT2D eigenvalue weighted by Gasteiger charge is 2.25. The molecule has 0 bridgehead atoms. The second kappa shape index (κ2) is 5.45. The van der Waals surface area contributed by atoms with Gasteiger partial charge in [0.1, 0.15) is 10.6 Å². The second-order valence-corrected chi connectivity index (χ2v) is 6.98. The number of carbonyl (C=O) groups excluding carboxylic acids is 1. The summed E-state index contributed by atoms with van der Waals surface area (Å²) in [4.78, 5) is 13.9. The fraction of sp³-hybridized carbons (Fsp3) is 0.294. The summed E-state index contributed by atoms with van der Waals surface area (Å²) >= 11 is 1.46. The molecule has 1 N–H and O–H groups in total. The highest BCUT2D eigenvalue weighted by molar-refractivity contribution is 7.20. The first-order valence-electron chi connectivity index (χ1n) is 7.62. The summed E-state index contributed by atoms with van der Waals surface area (Å²) in [5.41, 5.74) is 1.89. The topological polar surface area (TPSA) is 46.9 Å². The highest BCUT2D eigenvalue weighted by Crippen LogP contribution is 2.29. The minimum atomic E-state index is -0.245. The van der Waals surface area contributed by atoms with Gasteiger partial charge in [0.2, 0.25) is 0 Å². The molecular weight excluding hydrogens is 313 g/mol. The van der Waals surface area contributed by atoms with Crippen molar-refractivity contribution in [3.05, 3.63) is 52.3 Å². The van der Waals surface area contributed by atoms with E-state index in [0.29, 0.717) is 12.6 Å². The van der Waals surface area contributed by atoms with Gasteiger partial charge >= 0.3 is 0 Å². The Bertz CT molecular complexity index is 877. The molecule has 0 unspecified atom stereocenters. The maximum Gasteiger partial charge on any atom is 0.261 e. The number of benzene rings is 1. The van der Waals surface area contributed by atoms with Gasteiger partial charge in [0, 0.05) is 11.4 Å². The SMILES string of the molecule is Cc1nn(Cc2ccc(F)cc2)c2sc(C(=O)NC3CC3)cc12. The van der Waals surface area contributed by atoms with Crippen molar-refractivity contribution in [3.63, 3.8) is 0 Å². The average molecular weight is 329 g/mol. The molecule has 23 heavy (non-hydrogen) atoms. The standard InChI is InChI=1S/C17H16FN3OS/c1-10-14-8-15(16(22)19-13-6-7-13)23-17(14)21(20-10)9-11-2-4-12(18)5-3-11/h2-5,8,13H,6-7,9H2,1H3,(H,19,22). The van der Waals surface area contributed by atoms with Gasteiger partial charge < -0.3 is 5.32 Å². The minimum absolute atomic E-state index is 0.00133. The molecule has 0 spiro atoms.